The lowest BCUT2D eigenvalue weighted by molar-refractivity contribution is -0.129. The van der Waals surface area contributed by atoms with Gasteiger partial charge in [0.15, 0.2) is 9.84 Å². The quantitative estimate of drug-likeness (QED) is 0.647. The van der Waals surface area contributed by atoms with E-state index in [1.807, 2.05) is 17.9 Å². The van der Waals surface area contributed by atoms with Crippen molar-refractivity contribution >= 4 is 44.5 Å². The standard InChI is InChI=1S/C23H24Cl2N2O4S/c1-2-22(28)27-10-9-14(13-27)11-17(20-7-6-18(24)23(29)26-20)15-3-8-21(19(25)12-15)32(30,31)16-4-5-16/h3,6-8,11-12,14,16H,2,4-5,9-10,13H2,1H3,(H,26,29)/t14-/m1/s1. The highest BCUT2D eigenvalue weighted by Crippen LogP contribution is 2.38. The summed E-state index contributed by atoms with van der Waals surface area (Å²) in [6, 6.07) is 8.11. The molecule has 1 amide bonds. The number of nitrogens with zero attached hydrogens (tertiary/aromatic N) is 1. The Morgan fingerprint density at radius 3 is 2.53 bits per heavy atom. The number of pyridine rings is 1. The molecule has 2 heterocycles. The lowest BCUT2D eigenvalue weighted by Crippen LogP contribution is -2.27. The number of H-pyrrole nitrogens is 1. The first kappa shape index (κ1) is 23.1. The van der Waals surface area contributed by atoms with Gasteiger partial charge in [-0.25, -0.2) is 8.42 Å². The minimum absolute atomic E-state index is 0.0811. The minimum atomic E-state index is -3.43. The number of hydrogen-bond acceptors (Lipinski definition) is 4. The lowest BCUT2D eigenvalue weighted by atomic mass is 9.96. The molecule has 1 saturated carbocycles. The number of aromatic amines is 1. The number of amides is 1. The minimum Gasteiger partial charge on any atom is -0.342 e. The van der Waals surface area contributed by atoms with Crippen LogP contribution in [-0.2, 0) is 14.6 Å². The molecule has 4 rings (SSSR count). The number of carbonyl (C=O) groups excluding carboxylic acids is 1. The van der Waals surface area contributed by atoms with Crippen LogP contribution in [0.3, 0.4) is 0 Å². The Bertz CT molecular complexity index is 1250. The van der Waals surface area contributed by atoms with E-state index in [4.69, 9.17) is 23.2 Å². The van der Waals surface area contributed by atoms with Crippen LogP contribution >= 0.6 is 23.2 Å². The number of benzene rings is 1. The van der Waals surface area contributed by atoms with Crippen LogP contribution in [0.2, 0.25) is 10.0 Å². The van der Waals surface area contributed by atoms with Gasteiger partial charge in [-0.3, -0.25) is 9.59 Å². The molecular formula is C23H24Cl2N2O4S. The SMILES string of the molecule is CCC(=O)N1CC[C@H](C=C(c2ccc(S(=O)(=O)C3CC3)c(Cl)c2)c2ccc(Cl)c(=O)[nH]2)C1. The Morgan fingerprint density at radius 2 is 1.91 bits per heavy atom. The molecule has 1 aliphatic carbocycles. The van der Waals surface area contributed by atoms with E-state index < -0.39 is 15.4 Å². The van der Waals surface area contributed by atoms with Crippen molar-refractivity contribution in [1.82, 2.24) is 9.88 Å². The second-order valence-corrected chi connectivity index (χ2v) is 11.3. The van der Waals surface area contributed by atoms with Crippen LogP contribution in [0.15, 0.2) is 46.1 Å². The normalized spacial score (nSPS) is 19.4. The number of aromatic nitrogens is 1. The van der Waals surface area contributed by atoms with Gasteiger partial charge in [0.2, 0.25) is 5.91 Å². The van der Waals surface area contributed by atoms with Crippen molar-refractivity contribution < 1.29 is 13.2 Å². The van der Waals surface area contributed by atoms with E-state index in [1.165, 1.54) is 12.1 Å². The predicted molar refractivity (Wildman–Crippen MR) is 126 cm³/mol. The molecule has 0 spiro atoms. The number of carbonyl (C=O) groups is 1. The molecule has 1 N–H and O–H groups in total. The molecule has 1 aromatic carbocycles. The van der Waals surface area contributed by atoms with E-state index in [-0.39, 0.29) is 32.0 Å². The summed E-state index contributed by atoms with van der Waals surface area (Å²) in [4.78, 5) is 29.0. The number of likely N-dealkylation sites (tertiary alicyclic amines) is 1. The maximum Gasteiger partial charge on any atom is 0.267 e. The van der Waals surface area contributed by atoms with Gasteiger partial charge in [-0.2, -0.15) is 0 Å². The number of sulfone groups is 1. The monoisotopic (exact) mass is 494 g/mol. The van der Waals surface area contributed by atoms with Gasteiger partial charge >= 0.3 is 0 Å². The number of halogens is 2. The Balaban J connectivity index is 1.74. The van der Waals surface area contributed by atoms with Gasteiger partial charge in [0.1, 0.15) is 5.02 Å². The third kappa shape index (κ3) is 4.65. The van der Waals surface area contributed by atoms with Gasteiger partial charge < -0.3 is 9.88 Å². The molecule has 2 aliphatic rings. The first-order valence-corrected chi connectivity index (χ1v) is 12.9. The van der Waals surface area contributed by atoms with Crippen LogP contribution < -0.4 is 5.56 Å². The lowest BCUT2D eigenvalue weighted by Gasteiger charge is -2.16. The molecule has 1 aromatic heterocycles. The number of hydrogen-bond donors (Lipinski definition) is 1. The second-order valence-electron chi connectivity index (χ2n) is 8.26. The first-order chi connectivity index (χ1) is 15.2. The summed E-state index contributed by atoms with van der Waals surface area (Å²) in [6.07, 6.45) is 4.59. The van der Waals surface area contributed by atoms with Crippen LogP contribution in [-0.4, -0.2) is 42.5 Å². The molecule has 0 bridgehead atoms. The van der Waals surface area contributed by atoms with Crippen LogP contribution in [0.1, 0.15) is 43.9 Å². The van der Waals surface area contributed by atoms with Crippen molar-refractivity contribution in [3.8, 4) is 0 Å². The summed E-state index contributed by atoms with van der Waals surface area (Å²) in [6.45, 7) is 3.11. The Kier molecular flexibility index (Phi) is 6.52. The summed E-state index contributed by atoms with van der Waals surface area (Å²) in [5, 5.41) is -0.113. The van der Waals surface area contributed by atoms with Crippen molar-refractivity contribution in [2.24, 2.45) is 5.92 Å². The van der Waals surface area contributed by atoms with E-state index in [2.05, 4.69) is 4.98 Å². The third-order valence-corrected chi connectivity index (χ3v) is 8.99. The molecule has 2 aromatic rings. The maximum absolute atomic E-state index is 12.7. The number of rotatable bonds is 6. The highest BCUT2D eigenvalue weighted by molar-refractivity contribution is 7.92. The predicted octanol–water partition coefficient (Wildman–Crippen LogP) is 4.31. The molecule has 1 aliphatic heterocycles. The van der Waals surface area contributed by atoms with Crippen molar-refractivity contribution in [2.45, 2.75) is 42.8 Å². The Morgan fingerprint density at radius 1 is 1.16 bits per heavy atom. The zero-order chi connectivity index (χ0) is 23.0. The summed E-state index contributed by atoms with van der Waals surface area (Å²) in [5.41, 5.74) is 1.53. The zero-order valence-electron chi connectivity index (χ0n) is 17.6. The summed E-state index contributed by atoms with van der Waals surface area (Å²) in [5.74, 6) is 0.202. The molecule has 2 fully saturated rings. The fourth-order valence-corrected chi connectivity index (χ4v) is 6.34. The van der Waals surface area contributed by atoms with Crippen LogP contribution in [0.5, 0.6) is 0 Å². The second kappa shape index (κ2) is 9.04. The van der Waals surface area contributed by atoms with E-state index >= 15 is 0 Å². The van der Waals surface area contributed by atoms with Gasteiger partial charge in [-0.15, -0.1) is 0 Å². The fourth-order valence-electron chi connectivity index (χ4n) is 4.02. The van der Waals surface area contributed by atoms with Gasteiger partial charge in [0.25, 0.3) is 5.56 Å². The van der Waals surface area contributed by atoms with Gasteiger partial charge in [0, 0.05) is 30.8 Å². The molecule has 0 unspecified atom stereocenters. The molecule has 9 heteroatoms. The fraction of sp³-hybridized carbons (Fsp3) is 0.391. The Hall–Kier alpha value is -2.09. The average Bonchev–Trinajstić information content (AvgIpc) is 3.53. The van der Waals surface area contributed by atoms with Crippen molar-refractivity contribution in [3.05, 3.63) is 68.1 Å². The van der Waals surface area contributed by atoms with Crippen molar-refractivity contribution in [1.29, 1.82) is 0 Å². The first-order valence-electron chi connectivity index (χ1n) is 10.6. The maximum atomic E-state index is 12.7. The van der Waals surface area contributed by atoms with Crippen LogP contribution in [0.25, 0.3) is 5.57 Å². The molecule has 1 atom stereocenters. The molecule has 0 radical (unpaired) electrons. The van der Waals surface area contributed by atoms with E-state index in [9.17, 15) is 18.0 Å². The molecular weight excluding hydrogens is 471 g/mol. The van der Waals surface area contributed by atoms with Crippen molar-refractivity contribution in [3.63, 3.8) is 0 Å². The van der Waals surface area contributed by atoms with Gasteiger partial charge in [-0.1, -0.05) is 42.3 Å². The van der Waals surface area contributed by atoms with E-state index in [0.717, 1.165) is 6.42 Å². The van der Waals surface area contributed by atoms with Crippen molar-refractivity contribution in [2.75, 3.05) is 13.1 Å². The highest BCUT2D eigenvalue weighted by atomic mass is 35.5. The van der Waals surface area contributed by atoms with Crippen LogP contribution in [0, 0.1) is 5.92 Å². The number of nitrogens with one attached hydrogen (secondary N) is 1. The van der Waals surface area contributed by atoms with Gasteiger partial charge in [-0.05, 0) is 55.0 Å². The summed E-state index contributed by atoms with van der Waals surface area (Å²) >= 11 is 12.3. The van der Waals surface area contributed by atoms with Gasteiger partial charge in [0.05, 0.1) is 15.2 Å². The van der Waals surface area contributed by atoms with Crippen LogP contribution in [0.4, 0.5) is 0 Å². The molecule has 1 saturated heterocycles. The highest BCUT2D eigenvalue weighted by Gasteiger charge is 2.38. The molecule has 6 nitrogen and oxygen atoms in total. The average molecular weight is 495 g/mol. The molecule has 170 valence electrons. The smallest absolute Gasteiger partial charge is 0.267 e. The molecule has 32 heavy (non-hydrogen) atoms. The summed E-state index contributed by atoms with van der Waals surface area (Å²) < 4.78 is 25.3. The van der Waals surface area contributed by atoms with E-state index in [1.54, 1.807) is 18.2 Å². The largest absolute Gasteiger partial charge is 0.342 e. The Labute approximate surface area is 197 Å². The topological polar surface area (TPSA) is 87.3 Å². The van der Waals surface area contributed by atoms with E-state index in [0.29, 0.717) is 49.2 Å². The third-order valence-electron chi connectivity index (χ3n) is 5.95. The zero-order valence-corrected chi connectivity index (χ0v) is 19.9. The summed E-state index contributed by atoms with van der Waals surface area (Å²) in [7, 11) is -3.43.